The fourth-order valence-corrected chi connectivity index (χ4v) is 4.54. The molecule has 8 nitrogen and oxygen atoms in total. The molecule has 0 saturated carbocycles. The standard InChI is InChI=1S/C25H30N6O2/c1-16(2)9-23-27-28-25-24-20(11-19(12-26-24)30-13-17(14-30)15-32-3)21(29-31(23)25)10-18-7-5-6-8-22(18)33-4/h5-8,11-12,16-17H,9-10,13-15H2,1-4H3. The van der Waals surface area contributed by atoms with Crippen LogP contribution >= 0.6 is 0 Å². The number of anilines is 1. The van der Waals surface area contributed by atoms with Gasteiger partial charge in [0.15, 0.2) is 5.82 Å². The minimum absolute atomic E-state index is 0.453. The smallest absolute Gasteiger partial charge is 0.204 e. The van der Waals surface area contributed by atoms with Gasteiger partial charge in [0.05, 0.1) is 31.3 Å². The first-order valence-electron chi connectivity index (χ1n) is 11.5. The number of para-hydroxylation sites is 1. The Morgan fingerprint density at radius 2 is 1.94 bits per heavy atom. The molecule has 1 aliphatic rings. The molecular formula is C25H30N6O2. The van der Waals surface area contributed by atoms with Crippen molar-refractivity contribution in [2.75, 3.05) is 38.8 Å². The van der Waals surface area contributed by atoms with Crippen molar-refractivity contribution < 1.29 is 9.47 Å². The highest BCUT2D eigenvalue weighted by Gasteiger charge is 2.28. The molecule has 1 aliphatic heterocycles. The van der Waals surface area contributed by atoms with Gasteiger partial charge >= 0.3 is 0 Å². The molecule has 0 bridgehead atoms. The third-order valence-electron chi connectivity index (χ3n) is 6.19. The molecule has 0 unspecified atom stereocenters. The van der Waals surface area contributed by atoms with Crippen molar-refractivity contribution in [3.63, 3.8) is 0 Å². The molecule has 0 radical (unpaired) electrons. The highest BCUT2D eigenvalue weighted by atomic mass is 16.5. The second-order valence-corrected chi connectivity index (χ2v) is 9.20. The van der Waals surface area contributed by atoms with Crippen LogP contribution in [0, 0.1) is 11.8 Å². The fraction of sp³-hybridized carbons (Fsp3) is 0.440. The van der Waals surface area contributed by atoms with E-state index in [2.05, 4.69) is 41.1 Å². The maximum atomic E-state index is 5.61. The Hall–Kier alpha value is -3.26. The van der Waals surface area contributed by atoms with E-state index in [-0.39, 0.29) is 0 Å². The minimum atomic E-state index is 0.453. The van der Waals surface area contributed by atoms with Crippen molar-refractivity contribution >= 4 is 22.2 Å². The molecule has 172 valence electrons. The highest BCUT2D eigenvalue weighted by Crippen LogP contribution is 2.31. The minimum Gasteiger partial charge on any atom is -0.496 e. The van der Waals surface area contributed by atoms with Gasteiger partial charge in [-0.3, -0.25) is 0 Å². The number of ether oxygens (including phenoxy) is 2. The molecule has 0 amide bonds. The molecule has 1 saturated heterocycles. The molecule has 33 heavy (non-hydrogen) atoms. The van der Waals surface area contributed by atoms with Gasteiger partial charge in [-0.25, -0.2) is 4.98 Å². The first-order valence-corrected chi connectivity index (χ1v) is 11.5. The summed E-state index contributed by atoms with van der Waals surface area (Å²) >= 11 is 0. The highest BCUT2D eigenvalue weighted by molar-refractivity contribution is 5.93. The monoisotopic (exact) mass is 446 g/mol. The Balaban J connectivity index is 1.62. The summed E-state index contributed by atoms with van der Waals surface area (Å²) in [5, 5.41) is 14.9. The second kappa shape index (κ2) is 8.94. The Morgan fingerprint density at radius 3 is 2.70 bits per heavy atom. The molecule has 5 rings (SSSR count). The van der Waals surface area contributed by atoms with Crippen LogP contribution in [0.4, 0.5) is 5.69 Å². The lowest BCUT2D eigenvalue weighted by Crippen LogP contribution is -2.48. The summed E-state index contributed by atoms with van der Waals surface area (Å²) in [6.07, 6.45) is 3.38. The molecule has 1 fully saturated rings. The van der Waals surface area contributed by atoms with Crippen molar-refractivity contribution in [3.8, 4) is 5.75 Å². The lowest BCUT2D eigenvalue weighted by molar-refractivity contribution is 0.137. The van der Waals surface area contributed by atoms with Gasteiger partial charge < -0.3 is 14.4 Å². The summed E-state index contributed by atoms with van der Waals surface area (Å²) < 4.78 is 12.8. The van der Waals surface area contributed by atoms with E-state index in [0.29, 0.717) is 23.9 Å². The predicted octanol–water partition coefficient (Wildman–Crippen LogP) is 3.55. The molecule has 4 aromatic rings. The van der Waals surface area contributed by atoms with Crippen molar-refractivity contribution in [2.24, 2.45) is 11.8 Å². The molecule has 3 aromatic heterocycles. The molecule has 8 heteroatoms. The molecule has 0 aliphatic carbocycles. The van der Waals surface area contributed by atoms with E-state index < -0.39 is 0 Å². The van der Waals surface area contributed by atoms with E-state index in [4.69, 9.17) is 19.6 Å². The van der Waals surface area contributed by atoms with Crippen LogP contribution in [0.3, 0.4) is 0 Å². The molecule has 0 atom stereocenters. The van der Waals surface area contributed by atoms with Crippen molar-refractivity contribution in [1.82, 2.24) is 24.8 Å². The topological polar surface area (TPSA) is 77.7 Å². The number of benzene rings is 1. The molecule has 0 N–H and O–H groups in total. The van der Waals surface area contributed by atoms with Crippen molar-refractivity contribution in [3.05, 3.63) is 53.6 Å². The Kier molecular flexibility index (Phi) is 5.85. The SMILES string of the molecule is COCC1CN(c2cnc3c(c2)c(Cc2ccccc2OC)nn2c(CC(C)C)nnc32)C1. The van der Waals surface area contributed by atoms with Crippen LogP contribution in [-0.4, -0.2) is 58.7 Å². The summed E-state index contributed by atoms with van der Waals surface area (Å²) in [7, 11) is 3.46. The van der Waals surface area contributed by atoms with Gasteiger partial charge in [0, 0.05) is 49.9 Å². The van der Waals surface area contributed by atoms with Gasteiger partial charge in [-0.05, 0) is 18.1 Å². The van der Waals surface area contributed by atoms with E-state index in [1.165, 1.54) is 0 Å². The number of hydrogen-bond donors (Lipinski definition) is 0. The van der Waals surface area contributed by atoms with Crippen LogP contribution in [0.5, 0.6) is 5.75 Å². The van der Waals surface area contributed by atoms with E-state index >= 15 is 0 Å². The number of rotatable bonds is 8. The normalized spacial score (nSPS) is 14.4. The third-order valence-corrected chi connectivity index (χ3v) is 6.19. The Labute approximate surface area is 193 Å². The number of aromatic nitrogens is 5. The second-order valence-electron chi connectivity index (χ2n) is 9.20. The van der Waals surface area contributed by atoms with Gasteiger partial charge in [-0.15, -0.1) is 10.2 Å². The van der Waals surface area contributed by atoms with Crippen molar-refractivity contribution in [1.29, 1.82) is 0 Å². The zero-order chi connectivity index (χ0) is 22.9. The largest absolute Gasteiger partial charge is 0.496 e. The number of fused-ring (bicyclic) bond motifs is 3. The van der Waals surface area contributed by atoms with Crippen molar-refractivity contribution in [2.45, 2.75) is 26.7 Å². The summed E-state index contributed by atoms with van der Waals surface area (Å²) in [5.41, 5.74) is 4.66. The third kappa shape index (κ3) is 4.11. The van der Waals surface area contributed by atoms with Crippen LogP contribution in [0.1, 0.15) is 30.9 Å². The maximum absolute atomic E-state index is 5.61. The van der Waals surface area contributed by atoms with Crippen LogP contribution in [0.25, 0.3) is 16.6 Å². The Morgan fingerprint density at radius 1 is 1.12 bits per heavy atom. The first-order chi connectivity index (χ1) is 16.1. The van der Waals surface area contributed by atoms with E-state index in [0.717, 1.165) is 65.5 Å². The first kappa shape index (κ1) is 21.6. The molecule has 0 spiro atoms. The van der Waals surface area contributed by atoms with Crippen LogP contribution < -0.4 is 9.64 Å². The van der Waals surface area contributed by atoms with Crippen LogP contribution in [0.2, 0.25) is 0 Å². The molecule has 4 heterocycles. The van der Waals surface area contributed by atoms with Gasteiger partial charge in [-0.2, -0.15) is 9.61 Å². The zero-order valence-corrected chi connectivity index (χ0v) is 19.7. The van der Waals surface area contributed by atoms with E-state index in [1.54, 1.807) is 14.2 Å². The number of pyridine rings is 1. The number of nitrogens with zero attached hydrogens (tertiary/aromatic N) is 6. The van der Waals surface area contributed by atoms with E-state index in [1.807, 2.05) is 28.9 Å². The fourth-order valence-electron chi connectivity index (χ4n) is 4.54. The summed E-state index contributed by atoms with van der Waals surface area (Å²) in [6, 6.07) is 10.3. The maximum Gasteiger partial charge on any atom is 0.204 e. The zero-order valence-electron chi connectivity index (χ0n) is 19.7. The van der Waals surface area contributed by atoms with Gasteiger partial charge in [0.1, 0.15) is 11.3 Å². The summed E-state index contributed by atoms with van der Waals surface area (Å²) in [4.78, 5) is 7.19. The number of hydrogen-bond acceptors (Lipinski definition) is 7. The van der Waals surface area contributed by atoms with Crippen LogP contribution in [-0.2, 0) is 17.6 Å². The average molecular weight is 447 g/mol. The van der Waals surface area contributed by atoms with Gasteiger partial charge in [0.2, 0.25) is 5.65 Å². The quantitative estimate of drug-likeness (QED) is 0.410. The lowest BCUT2D eigenvalue weighted by atomic mass is 10.00. The van der Waals surface area contributed by atoms with Crippen LogP contribution in [0.15, 0.2) is 36.5 Å². The van der Waals surface area contributed by atoms with Gasteiger partial charge in [0.25, 0.3) is 0 Å². The molecule has 1 aromatic carbocycles. The van der Waals surface area contributed by atoms with E-state index in [9.17, 15) is 0 Å². The lowest BCUT2D eigenvalue weighted by Gasteiger charge is -2.40. The average Bonchev–Trinajstić information content (AvgIpc) is 3.18. The number of methoxy groups -OCH3 is 2. The van der Waals surface area contributed by atoms with Gasteiger partial charge in [-0.1, -0.05) is 32.0 Å². The Bertz CT molecular complexity index is 1280. The summed E-state index contributed by atoms with van der Waals surface area (Å²) in [5.74, 6) is 2.73. The predicted molar refractivity (Wildman–Crippen MR) is 128 cm³/mol. The summed E-state index contributed by atoms with van der Waals surface area (Å²) in [6.45, 7) is 7.08. The molecular weight excluding hydrogens is 416 g/mol.